The Morgan fingerprint density at radius 2 is 2.00 bits per heavy atom. The quantitative estimate of drug-likeness (QED) is 0.777. The number of hydrogen-bond acceptors (Lipinski definition) is 3. The van der Waals surface area contributed by atoms with Gasteiger partial charge in [0, 0.05) is 0 Å². The van der Waals surface area contributed by atoms with Crippen LogP contribution in [-0.4, -0.2) is 18.2 Å². The van der Waals surface area contributed by atoms with Crippen LogP contribution in [0.3, 0.4) is 0 Å². The minimum atomic E-state index is -0.182. The maximum Gasteiger partial charge on any atom is 0.306 e. The van der Waals surface area contributed by atoms with Gasteiger partial charge in [-0.25, -0.2) is 0 Å². The summed E-state index contributed by atoms with van der Waals surface area (Å²) < 4.78 is 4.67. The molecule has 0 fully saturated rings. The van der Waals surface area contributed by atoms with Crippen molar-refractivity contribution in [1.29, 1.82) is 0 Å². The fourth-order valence-corrected chi connectivity index (χ4v) is 1.68. The van der Waals surface area contributed by atoms with Crippen molar-refractivity contribution in [1.82, 2.24) is 0 Å². The molecule has 0 spiro atoms. The molecular weight excluding hydrogens is 204 g/mol. The number of aliphatic hydroxyl groups is 1. The van der Waals surface area contributed by atoms with Crippen molar-refractivity contribution in [2.75, 3.05) is 7.11 Å². The summed E-state index contributed by atoms with van der Waals surface area (Å²) in [6.07, 6.45) is 1.30. The molecule has 1 atom stereocenters. The fraction of sp³-hybridized carbons (Fsp3) is 0.462. The largest absolute Gasteiger partial charge is 0.469 e. The van der Waals surface area contributed by atoms with Crippen LogP contribution in [0.15, 0.2) is 24.3 Å². The van der Waals surface area contributed by atoms with Gasteiger partial charge in [-0.3, -0.25) is 4.79 Å². The average molecular weight is 222 g/mol. The van der Waals surface area contributed by atoms with Crippen LogP contribution < -0.4 is 0 Å². The standard InChI is InChI=1S/C13H18O3/c1-3-11(8-13(15)16-2)12-6-4-10(9-14)5-7-12/h4-7,11,14H,3,8-9H2,1-2H3/t11-/m0/s1. The van der Waals surface area contributed by atoms with Crippen molar-refractivity contribution in [2.45, 2.75) is 32.3 Å². The van der Waals surface area contributed by atoms with Gasteiger partial charge < -0.3 is 9.84 Å². The van der Waals surface area contributed by atoms with Crippen LogP contribution in [0.4, 0.5) is 0 Å². The van der Waals surface area contributed by atoms with E-state index in [2.05, 4.69) is 4.74 Å². The number of ether oxygens (including phenoxy) is 1. The third-order valence-corrected chi connectivity index (χ3v) is 2.77. The summed E-state index contributed by atoms with van der Waals surface area (Å²) in [7, 11) is 1.41. The molecule has 0 aliphatic carbocycles. The lowest BCUT2D eigenvalue weighted by atomic mass is 9.93. The van der Waals surface area contributed by atoms with Crippen LogP contribution in [-0.2, 0) is 16.1 Å². The molecule has 0 saturated heterocycles. The number of benzene rings is 1. The summed E-state index contributed by atoms with van der Waals surface area (Å²) in [6.45, 7) is 2.10. The number of hydrogen-bond donors (Lipinski definition) is 1. The Kier molecular flexibility index (Phi) is 4.99. The zero-order valence-corrected chi connectivity index (χ0v) is 9.77. The second-order valence-corrected chi connectivity index (χ2v) is 3.79. The number of carbonyl (C=O) groups excluding carboxylic acids is 1. The molecule has 1 aromatic rings. The number of aliphatic hydroxyl groups excluding tert-OH is 1. The first-order chi connectivity index (χ1) is 7.71. The number of esters is 1. The zero-order chi connectivity index (χ0) is 12.0. The lowest BCUT2D eigenvalue weighted by Crippen LogP contribution is -2.08. The molecule has 0 aliphatic heterocycles. The lowest BCUT2D eigenvalue weighted by Gasteiger charge is -2.14. The Bertz CT molecular complexity index is 330. The lowest BCUT2D eigenvalue weighted by molar-refractivity contribution is -0.141. The van der Waals surface area contributed by atoms with E-state index in [-0.39, 0.29) is 18.5 Å². The predicted octanol–water partition coefficient (Wildman–Crippen LogP) is 2.24. The molecule has 0 saturated carbocycles. The molecular formula is C13H18O3. The SMILES string of the molecule is CC[C@@H](CC(=O)OC)c1ccc(CO)cc1. The highest BCUT2D eigenvalue weighted by Crippen LogP contribution is 2.23. The van der Waals surface area contributed by atoms with Crippen LogP contribution in [0.2, 0.25) is 0 Å². The van der Waals surface area contributed by atoms with E-state index in [4.69, 9.17) is 5.11 Å². The Morgan fingerprint density at radius 1 is 1.38 bits per heavy atom. The summed E-state index contributed by atoms with van der Waals surface area (Å²) in [5.41, 5.74) is 2.00. The predicted molar refractivity (Wildman–Crippen MR) is 62.0 cm³/mol. The molecule has 0 heterocycles. The topological polar surface area (TPSA) is 46.5 Å². The highest BCUT2D eigenvalue weighted by Gasteiger charge is 2.14. The third kappa shape index (κ3) is 3.35. The van der Waals surface area contributed by atoms with Crippen LogP contribution in [0.1, 0.15) is 36.8 Å². The van der Waals surface area contributed by atoms with Gasteiger partial charge in [-0.1, -0.05) is 31.2 Å². The Morgan fingerprint density at radius 3 is 2.44 bits per heavy atom. The van der Waals surface area contributed by atoms with E-state index in [1.54, 1.807) is 0 Å². The number of methoxy groups -OCH3 is 1. The summed E-state index contributed by atoms with van der Waals surface area (Å²) in [6, 6.07) is 7.69. The van der Waals surface area contributed by atoms with Gasteiger partial charge in [0.05, 0.1) is 20.1 Å². The first-order valence-electron chi connectivity index (χ1n) is 5.47. The van der Waals surface area contributed by atoms with Gasteiger partial charge in [-0.05, 0) is 23.5 Å². The van der Waals surface area contributed by atoms with Crippen LogP contribution >= 0.6 is 0 Å². The molecule has 3 nitrogen and oxygen atoms in total. The third-order valence-electron chi connectivity index (χ3n) is 2.77. The minimum Gasteiger partial charge on any atom is -0.469 e. The van der Waals surface area contributed by atoms with Gasteiger partial charge in [-0.15, -0.1) is 0 Å². The van der Waals surface area contributed by atoms with Gasteiger partial charge in [0.15, 0.2) is 0 Å². The van der Waals surface area contributed by atoms with Gasteiger partial charge in [-0.2, -0.15) is 0 Å². The van der Waals surface area contributed by atoms with Crippen LogP contribution in [0.25, 0.3) is 0 Å². The van der Waals surface area contributed by atoms with Crippen molar-refractivity contribution in [3.8, 4) is 0 Å². The molecule has 0 amide bonds. The van der Waals surface area contributed by atoms with Gasteiger partial charge in [0.2, 0.25) is 0 Å². The van der Waals surface area contributed by atoms with Crippen LogP contribution in [0, 0.1) is 0 Å². The summed E-state index contributed by atoms with van der Waals surface area (Å²) in [5, 5.41) is 8.93. The summed E-state index contributed by atoms with van der Waals surface area (Å²) in [4.78, 5) is 11.2. The second kappa shape index (κ2) is 6.28. The fourth-order valence-electron chi connectivity index (χ4n) is 1.68. The number of rotatable bonds is 5. The van der Waals surface area contributed by atoms with Crippen molar-refractivity contribution < 1.29 is 14.6 Å². The van der Waals surface area contributed by atoms with Gasteiger partial charge in [0.1, 0.15) is 0 Å². The molecule has 1 aromatic carbocycles. The monoisotopic (exact) mass is 222 g/mol. The first kappa shape index (κ1) is 12.7. The smallest absolute Gasteiger partial charge is 0.306 e. The Labute approximate surface area is 96.1 Å². The van der Waals surface area contributed by atoms with Crippen molar-refractivity contribution in [3.05, 3.63) is 35.4 Å². The number of carbonyl (C=O) groups is 1. The van der Waals surface area contributed by atoms with E-state index in [9.17, 15) is 4.79 Å². The maximum atomic E-state index is 11.2. The molecule has 16 heavy (non-hydrogen) atoms. The molecule has 88 valence electrons. The van der Waals surface area contributed by atoms with Crippen molar-refractivity contribution in [3.63, 3.8) is 0 Å². The van der Waals surface area contributed by atoms with Gasteiger partial charge >= 0.3 is 5.97 Å². The van der Waals surface area contributed by atoms with Crippen molar-refractivity contribution >= 4 is 5.97 Å². The molecule has 0 aromatic heterocycles. The molecule has 0 unspecified atom stereocenters. The summed E-state index contributed by atoms with van der Waals surface area (Å²) >= 11 is 0. The Hall–Kier alpha value is -1.35. The van der Waals surface area contributed by atoms with E-state index in [0.717, 1.165) is 17.5 Å². The molecule has 0 bridgehead atoms. The van der Waals surface area contributed by atoms with Crippen LogP contribution in [0.5, 0.6) is 0 Å². The van der Waals surface area contributed by atoms with Crippen molar-refractivity contribution in [2.24, 2.45) is 0 Å². The molecule has 1 rings (SSSR count). The second-order valence-electron chi connectivity index (χ2n) is 3.79. The highest BCUT2D eigenvalue weighted by atomic mass is 16.5. The molecule has 0 aliphatic rings. The van der Waals surface area contributed by atoms with Gasteiger partial charge in [0.25, 0.3) is 0 Å². The Balaban J connectivity index is 2.74. The van der Waals surface area contributed by atoms with E-state index in [1.807, 2.05) is 31.2 Å². The minimum absolute atomic E-state index is 0.0497. The molecule has 0 radical (unpaired) electrons. The first-order valence-corrected chi connectivity index (χ1v) is 5.47. The molecule has 1 N–H and O–H groups in total. The zero-order valence-electron chi connectivity index (χ0n) is 9.77. The van der Waals surface area contributed by atoms with E-state index in [1.165, 1.54) is 7.11 Å². The van der Waals surface area contributed by atoms with E-state index < -0.39 is 0 Å². The normalized spacial score (nSPS) is 12.2. The average Bonchev–Trinajstić information content (AvgIpc) is 2.35. The maximum absolute atomic E-state index is 11.2. The summed E-state index contributed by atoms with van der Waals surface area (Å²) in [5.74, 6) is 0.0123. The van der Waals surface area contributed by atoms with E-state index in [0.29, 0.717) is 6.42 Å². The highest BCUT2D eigenvalue weighted by molar-refractivity contribution is 5.70. The molecule has 3 heteroatoms. The van der Waals surface area contributed by atoms with E-state index >= 15 is 0 Å².